The zero-order chi connectivity index (χ0) is 18.5. The molecule has 0 saturated heterocycles. The Bertz CT molecular complexity index is 429. The number of nitrogens with zero attached hydrogens (tertiary/aromatic N) is 3. The molecule has 0 fully saturated rings. The normalized spacial score (nSPS) is 12.9. The van der Waals surface area contributed by atoms with Gasteiger partial charge in [-0.25, -0.2) is 0 Å². The van der Waals surface area contributed by atoms with Crippen LogP contribution in [0, 0.1) is 50.7 Å². The summed E-state index contributed by atoms with van der Waals surface area (Å²) in [7, 11) is 0. The van der Waals surface area contributed by atoms with Crippen molar-refractivity contribution in [2.24, 2.45) is 16.7 Å². The second-order valence-corrected chi connectivity index (χ2v) is 7.91. The van der Waals surface area contributed by atoms with Gasteiger partial charge in [-0.1, -0.05) is 34.1 Å². The van der Waals surface area contributed by atoms with Crippen molar-refractivity contribution in [3.63, 3.8) is 0 Å². The van der Waals surface area contributed by atoms with Crippen molar-refractivity contribution < 1.29 is 4.74 Å². The minimum atomic E-state index is -0.0103. The Labute approximate surface area is 148 Å². The van der Waals surface area contributed by atoms with Crippen LogP contribution in [-0.2, 0) is 4.74 Å². The Hall–Kier alpha value is -1.57. The molecule has 0 rings (SSSR count). The van der Waals surface area contributed by atoms with E-state index in [0.29, 0.717) is 38.4 Å². The molecule has 0 aromatic carbocycles. The molecule has 1 atom stereocenters. The fraction of sp³-hybridized carbons (Fsp3) is 0.850. The van der Waals surface area contributed by atoms with E-state index in [1.165, 1.54) is 0 Å². The predicted molar refractivity (Wildman–Crippen MR) is 95.6 cm³/mol. The lowest BCUT2D eigenvalue weighted by atomic mass is 9.61. The Morgan fingerprint density at radius 2 is 1.38 bits per heavy atom. The Balaban J connectivity index is 4.88. The van der Waals surface area contributed by atoms with E-state index in [2.05, 4.69) is 45.9 Å². The van der Waals surface area contributed by atoms with E-state index >= 15 is 0 Å². The van der Waals surface area contributed by atoms with Crippen molar-refractivity contribution in [3.05, 3.63) is 0 Å². The Morgan fingerprint density at radius 3 is 1.96 bits per heavy atom. The first-order valence-electron chi connectivity index (χ1n) is 9.00. The maximum Gasteiger partial charge on any atom is 0.0645 e. The quantitative estimate of drug-likeness (QED) is 0.425. The molecule has 0 aromatic rings. The van der Waals surface area contributed by atoms with Gasteiger partial charge in [0.05, 0.1) is 37.8 Å². The topological polar surface area (TPSA) is 80.6 Å². The van der Waals surface area contributed by atoms with E-state index in [4.69, 9.17) is 20.5 Å². The SMILES string of the molecule is CC(C)(CCCCC#N)C(CCCC#N)C(C)(C)COCCC#N. The third-order valence-corrected chi connectivity index (χ3v) is 4.86. The van der Waals surface area contributed by atoms with Gasteiger partial charge in [-0.3, -0.25) is 0 Å². The lowest BCUT2D eigenvalue weighted by Gasteiger charge is -2.45. The van der Waals surface area contributed by atoms with Crippen molar-refractivity contribution in [1.29, 1.82) is 15.8 Å². The van der Waals surface area contributed by atoms with E-state index in [9.17, 15) is 0 Å². The molecule has 0 N–H and O–H groups in total. The lowest BCUT2D eigenvalue weighted by Crippen LogP contribution is -2.39. The van der Waals surface area contributed by atoms with Gasteiger partial charge in [0.25, 0.3) is 0 Å². The molecule has 0 bridgehead atoms. The highest BCUT2D eigenvalue weighted by Gasteiger charge is 2.39. The predicted octanol–water partition coefficient (Wildman–Crippen LogP) is 5.36. The highest BCUT2D eigenvalue weighted by atomic mass is 16.5. The van der Waals surface area contributed by atoms with Crippen molar-refractivity contribution in [1.82, 2.24) is 0 Å². The smallest absolute Gasteiger partial charge is 0.0645 e. The van der Waals surface area contributed by atoms with Crippen LogP contribution in [0.4, 0.5) is 0 Å². The summed E-state index contributed by atoms with van der Waals surface area (Å²) in [6.45, 7) is 10.2. The first-order valence-corrected chi connectivity index (χ1v) is 9.00. The summed E-state index contributed by atoms with van der Waals surface area (Å²) in [6, 6.07) is 6.56. The van der Waals surface area contributed by atoms with Crippen molar-refractivity contribution in [2.75, 3.05) is 13.2 Å². The van der Waals surface area contributed by atoms with Gasteiger partial charge in [0.2, 0.25) is 0 Å². The summed E-state index contributed by atoms with van der Waals surface area (Å²) in [6.07, 6.45) is 6.63. The number of hydrogen-bond donors (Lipinski definition) is 0. The molecule has 0 spiro atoms. The van der Waals surface area contributed by atoms with Crippen molar-refractivity contribution in [3.8, 4) is 18.2 Å². The van der Waals surface area contributed by atoms with Gasteiger partial charge < -0.3 is 4.74 Å². The summed E-state index contributed by atoms with van der Waals surface area (Å²) in [5.74, 6) is 0.433. The van der Waals surface area contributed by atoms with Crippen LogP contribution in [0.3, 0.4) is 0 Å². The van der Waals surface area contributed by atoms with E-state index in [1.807, 2.05) is 0 Å². The number of rotatable bonds is 13. The average molecular weight is 332 g/mol. The van der Waals surface area contributed by atoms with Gasteiger partial charge >= 0.3 is 0 Å². The fourth-order valence-corrected chi connectivity index (χ4v) is 3.74. The molecule has 0 aromatic heterocycles. The molecule has 0 aliphatic heterocycles. The highest BCUT2D eigenvalue weighted by molar-refractivity contribution is 4.90. The first-order chi connectivity index (χ1) is 11.3. The zero-order valence-corrected chi connectivity index (χ0v) is 15.9. The van der Waals surface area contributed by atoms with Gasteiger partial charge in [0.1, 0.15) is 0 Å². The molecule has 4 nitrogen and oxygen atoms in total. The maximum absolute atomic E-state index is 8.85. The standard InChI is InChI=1S/C20H33N3O/c1-19(2,12-7-5-8-13-21)18(11-6-9-14-22)20(3,4)17-24-16-10-15-23/h18H,5-12,16-17H2,1-4H3. The van der Waals surface area contributed by atoms with Gasteiger partial charge in [0.15, 0.2) is 0 Å². The molecule has 0 radical (unpaired) electrons. The fourth-order valence-electron chi connectivity index (χ4n) is 3.74. The molecule has 0 aliphatic rings. The number of nitriles is 3. The average Bonchev–Trinajstić information content (AvgIpc) is 2.52. The minimum absolute atomic E-state index is 0.0103. The minimum Gasteiger partial charge on any atom is -0.380 e. The molecule has 0 amide bonds. The van der Waals surface area contributed by atoms with Crippen LogP contribution in [-0.4, -0.2) is 13.2 Å². The van der Waals surface area contributed by atoms with Crippen LogP contribution in [0.25, 0.3) is 0 Å². The van der Waals surface area contributed by atoms with Gasteiger partial charge in [0, 0.05) is 12.8 Å². The molecular weight excluding hydrogens is 298 g/mol. The highest BCUT2D eigenvalue weighted by Crippen LogP contribution is 2.46. The molecule has 24 heavy (non-hydrogen) atoms. The third-order valence-electron chi connectivity index (χ3n) is 4.86. The molecule has 4 heteroatoms. The van der Waals surface area contributed by atoms with Crippen molar-refractivity contribution >= 4 is 0 Å². The Kier molecular flexibility index (Phi) is 11.1. The number of unbranched alkanes of at least 4 members (excludes halogenated alkanes) is 3. The molecule has 0 aliphatic carbocycles. The van der Waals surface area contributed by atoms with E-state index in [1.54, 1.807) is 0 Å². The van der Waals surface area contributed by atoms with Gasteiger partial charge in [-0.2, -0.15) is 15.8 Å². The monoisotopic (exact) mass is 331 g/mol. The third kappa shape index (κ3) is 8.90. The van der Waals surface area contributed by atoms with E-state index in [-0.39, 0.29) is 10.8 Å². The summed E-state index contributed by atoms with van der Waals surface area (Å²) in [5.41, 5.74) is 0.122. The van der Waals surface area contributed by atoms with Crippen LogP contribution >= 0.6 is 0 Å². The lowest BCUT2D eigenvalue weighted by molar-refractivity contribution is -0.0217. The van der Waals surface area contributed by atoms with Crippen LogP contribution in [0.15, 0.2) is 0 Å². The Morgan fingerprint density at radius 1 is 0.792 bits per heavy atom. The maximum atomic E-state index is 8.85. The summed E-state index contributed by atoms with van der Waals surface area (Å²) >= 11 is 0. The summed E-state index contributed by atoms with van der Waals surface area (Å²) in [4.78, 5) is 0. The van der Waals surface area contributed by atoms with Crippen LogP contribution in [0.2, 0.25) is 0 Å². The molecular formula is C20H33N3O. The summed E-state index contributed by atoms with van der Waals surface area (Å²) in [5, 5.41) is 26.2. The second-order valence-electron chi connectivity index (χ2n) is 7.91. The van der Waals surface area contributed by atoms with Gasteiger partial charge in [-0.15, -0.1) is 0 Å². The second kappa shape index (κ2) is 11.9. The van der Waals surface area contributed by atoms with Crippen LogP contribution in [0.5, 0.6) is 0 Å². The number of hydrogen-bond acceptors (Lipinski definition) is 4. The van der Waals surface area contributed by atoms with Crippen molar-refractivity contribution in [2.45, 2.75) is 79.1 Å². The van der Waals surface area contributed by atoms with E-state index in [0.717, 1.165) is 32.1 Å². The number of ether oxygens (including phenoxy) is 1. The first kappa shape index (κ1) is 22.4. The van der Waals surface area contributed by atoms with E-state index < -0.39 is 0 Å². The molecule has 134 valence electrons. The zero-order valence-electron chi connectivity index (χ0n) is 15.9. The molecule has 1 unspecified atom stereocenters. The van der Waals surface area contributed by atoms with Gasteiger partial charge in [-0.05, 0) is 42.4 Å². The van der Waals surface area contributed by atoms with Crippen LogP contribution in [0.1, 0.15) is 79.1 Å². The summed E-state index contributed by atoms with van der Waals surface area (Å²) < 4.78 is 5.73. The molecule has 0 heterocycles. The molecule has 0 saturated carbocycles. The largest absolute Gasteiger partial charge is 0.380 e. The van der Waals surface area contributed by atoms with Crippen LogP contribution < -0.4 is 0 Å².